The zero-order chi connectivity index (χ0) is 20.1. The summed E-state index contributed by atoms with van der Waals surface area (Å²) in [6.45, 7) is 5.59. The second kappa shape index (κ2) is 14.6. The topological polar surface area (TPSA) is 74.8 Å². The number of ether oxygens (including phenoxy) is 1. The molecule has 0 radical (unpaired) electrons. The minimum atomic E-state index is 0. The summed E-state index contributed by atoms with van der Waals surface area (Å²) in [6.07, 6.45) is 6.50. The predicted molar refractivity (Wildman–Crippen MR) is 130 cm³/mol. The fraction of sp³-hybridized carbons (Fsp3) is 0.636. The van der Waals surface area contributed by atoms with Crippen molar-refractivity contribution in [3.05, 3.63) is 35.9 Å². The molecule has 7 heteroatoms. The van der Waals surface area contributed by atoms with Gasteiger partial charge in [-0.1, -0.05) is 43.2 Å². The summed E-state index contributed by atoms with van der Waals surface area (Å²) in [5.74, 6) is 0.835. The lowest BCUT2D eigenvalue weighted by Crippen LogP contribution is -2.40. The molecule has 1 saturated carbocycles. The van der Waals surface area contributed by atoms with Gasteiger partial charge < -0.3 is 20.7 Å². The second-order valence-electron chi connectivity index (χ2n) is 7.58. The number of amides is 1. The highest BCUT2D eigenvalue weighted by molar-refractivity contribution is 14.0. The van der Waals surface area contributed by atoms with Gasteiger partial charge in [-0.25, -0.2) is 0 Å². The first kappa shape index (κ1) is 25.7. The van der Waals surface area contributed by atoms with E-state index < -0.39 is 0 Å². The third-order valence-electron chi connectivity index (χ3n) is 5.39. The molecule has 2 rings (SSSR count). The van der Waals surface area contributed by atoms with Crippen molar-refractivity contribution < 1.29 is 9.53 Å². The molecule has 0 saturated heterocycles. The SMILES string of the molecule is CCNC(=NCC1(CCOC)CCCC1)NCCC(=O)NCc1ccccc1.I. The first-order chi connectivity index (χ1) is 13.7. The number of hydrogen-bond donors (Lipinski definition) is 3. The van der Waals surface area contributed by atoms with Crippen molar-refractivity contribution in [3.63, 3.8) is 0 Å². The minimum Gasteiger partial charge on any atom is -0.385 e. The Morgan fingerprint density at radius 1 is 1.14 bits per heavy atom. The highest BCUT2D eigenvalue weighted by Crippen LogP contribution is 2.41. The van der Waals surface area contributed by atoms with Gasteiger partial charge >= 0.3 is 0 Å². The van der Waals surface area contributed by atoms with Crippen LogP contribution in [-0.4, -0.2) is 45.2 Å². The molecule has 1 aromatic rings. The summed E-state index contributed by atoms with van der Waals surface area (Å²) in [7, 11) is 1.76. The Kier molecular flexibility index (Phi) is 12.9. The average Bonchev–Trinajstić information content (AvgIpc) is 3.19. The van der Waals surface area contributed by atoms with Gasteiger partial charge in [0.1, 0.15) is 0 Å². The maximum Gasteiger partial charge on any atom is 0.222 e. The number of hydrogen-bond acceptors (Lipinski definition) is 3. The highest BCUT2D eigenvalue weighted by Gasteiger charge is 2.33. The van der Waals surface area contributed by atoms with Gasteiger partial charge in [-0.05, 0) is 37.2 Å². The smallest absolute Gasteiger partial charge is 0.222 e. The normalized spacial score (nSPS) is 15.4. The summed E-state index contributed by atoms with van der Waals surface area (Å²) in [5, 5.41) is 9.54. The van der Waals surface area contributed by atoms with E-state index in [1.54, 1.807) is 7.11 Å². The Morgan fingerprint density at radius 3 is 2.52 bits per heavy atom. The van der Waals surface area contributed by atoms with Crippen LogP contribution in [0.25, 0.3) is 0 Å². The van der Waals surface area contributed by atoms with Gasteiger partial charge in [0.2, 0.25) is 5.91 Å². The maximum atomic E-state index is 12.1. The van der Waals surface area contributed by atoms with Gasteiger partial charge in [-0.2, -0.15) is 0 Å². The Balaban J connectivity index is 0.00000420. The third-order valence-corrected chi connectivity index (χ3v) is 5.39. The van der Waals surface area contributed by atoms with Crippen molar-refractivity contribution >= 4 is 35.8 Å². The van der Waals surface area contributed by atoms with Crippen LogP contribution >= 0.6 is 24.0 Å². The lowest BCUT2D eigenvalue weighted by atomic mass is 9.83. The first-order valence-corrected chi connectivity index (χ1v) is 10.5. The number of halogens is 1. The number of nitrogens with one attached hydrogen (secondary N) is 3. The molecule has 0 spiro atoms. The fourth-order valence-electron chi connectivity index (χ4n) is 3.70. The monoisotopic (exact) mass is 516 g/mol. The quantitative estimate of drug-likeness (QED) is 0.239. The van der Waals surface area contributed by atoms with Crippen LogP contribution in [0.1, 0.15) is 51.0 Å². The Labute approximate surface area is 192 Å². The Bertz CT molecular complexity index is 604. The van der Waals surface area contributed by atoms with Crippen molar-refractivity contribution in [1.82, 2.24) is 16.0 Å². The Morgan fingerprint density at radius 2 is 1.86 bits per heavy atom. The molecule has 6 nitrogen and oxygen atoms in total. The molecule has 3 N–H and O–H groups in total. The fourth-order valence-corrected chi connectivity index (χ4v) is 3.70. The molecule has 0 bridgehead atoms. The van der Waals surface area contributed by atoms with Crippen molar-refractivity contribution in [1.29, 1.82) is 0 Å². The van der Waals surface area contributed by atoms with E-state index in [0.717, 1.165) is 37.6 Å². The molecule has 164 valence electrons. The van der Waals surface area contributed by atoms with Gasteiger partial charge in [0.15, 0.2) is 5.96 Å². The maximum absolute atomic E-state index is 12.1. The summed E-state index contributed by atoms with van der Waals surface area (Å²) in [5.41, 5.74) is 1.38. The number of methoxy groups -OCH3 is 1. The molecule has 1 aromatic carbocycles. The van der Waals surface area contributed by atoms with E-state index in [9.17, 15) is 4.79 Å². The second-order valence-corrected chi connectivity index (χ2v) is 7.58. The van der Waals surface area contributed by atoms with E-state index in [0.29, 0.717) is 19.5 Å². The molecular weight excluding hydrogens is 479 g/mol. The lowest BCUT2D eigenvalue weighted by Gasteiger charge is -2.27. The number of guanidine groups is 1. The third kappa shape index (κ3) is 9.80. The molecule has 1 fully saturated rings. The molecular formula is C22H37IN4O2. The van der Waals surface area contributed by atoms with Crippen LogP contribution in [-0.2, 0) is 16.1 Å². The van der Waals surface area contributed by atoms with Crippen molar-refractivity contribution in [2.45, 2.75) is 52.0 Å². The number of benzene rings is 1. The van der Waals surface area contributed by atoms with E-state index in [-0.39, 0.29) is 35.3 Å². The lowest BCUT2D eigenvalue weighted by molar-refractivity contribution is -0.121. The van der Waals surface area contributed by atoms with Crippen LogP contribution in [0.4, 0.5) is 0 Å². The molecule has 0 heterocycles. The summed E-state index contributed by atoms with van der Waals surface area (Å²) < 4.78 is 5.31. The van der Waals surface area contributed by atoms with E-state index in [1.807, 2.05) is 30.3 Å². The van der Waals surface area contributed by atoms with Gasteiger partial charge in [0.25, 0.3) is 0 Å². The zero-order valence-corrected chi connectivity index (χ0v) is 20.2. The number of rotatable bonds is 11. The van der Waals surface area contributed by atoms with Crippen LogP contribution in [0.5, 0.6) is 0 Å². The predicted octanol–water partition coefficient (Wildman–Crippen LogP) is 3.46. The Hall–Kier alpha value is -1.35. The average molecular weight is 516 g/mol. The van der Waals surface area contributed by atoms with Crippen LogP contribution in [0, 0.1) is 5.41 Å². The summed E-state index contributed by atoms with van der Waals surface area (Å²) >= 11 is 0. The summed E-state index contributed by atoms with van der Waals surface area (Å²) in [4.78, 5) is 16.9. The number of nitrogens with zero attached hydrogens (tertiary/aromatic N) is 1. The van der Waals surface area contributed by atoms with Crippen molar-refractivity contribution in [3.8, 4) is 0 Å². The van der Waals surface area contributed by atoms with Crippen LogP contribution in [0.15, 0.2) is 35.3 Å². The molecule has 0 atom stereocenters. The number of carbonyl (C=O) groups is 1. The van der Waals surface area contributed by atoms with Gasteiger partial charge in [0, 0.05) is 46.3 Å². The van der Waals surface area contributed by atoms with Crippen LogP contribution < -0.4 is 16.0 Å². The van der Waals surface area contributed by atoms with Gasteiger partial charge in [0.05, 0.1) is 0 Å². The molecule has 0 aromatic heterocycles. The van der Waals surface area contributed by atoms with E-state index >= 15 is 0 Å². The van der Waals surface area contributed by atoms with E-state index in [2.05, 4.69) is 22.9 Å². The molecule has 0 aliphatic heterocycles. The van der Waals surface area contributed by atoms with Gasteiger partial charge in [-0.3, -0.25) is 9.79 Å². The number of carbonyl (C=O) groups excluding carboxylic acids is 1. The minimum absolute atomic E-state index is 0. The highest BCUT2D eigenvalue weighted by atomic mass is 127. The van der Waals surface area contributed by atoms with Crippen molar-refractivity contribution in [2.24, 2.45) is 10.4 Å². The summed E-state index contributed by atoms with van der Waals surface area (Å²) in [6, 6.07) is 9.95. The molecule has 1 aliphatic carbocycles. The van der Waals surface area contributed by atoms with Gasteiger partial charge in [-0.15, -0.1) is 24.0 Å². The first-order valence-electron chi connectivity index (χ1n) is 10.5. The van der Waals surface area contributed by atoms with Crippen LogP contribution in [0.3, 0.4) is 0 Å². The zero-order valence-electron chi connectivity index (χ0n) is 17.8. The van der Waals surface area contributed by atoms with E-state index in [4.69, 9.17) is 9.73 Å². The molecule has 1 amide bonds. The number of aliphatic imine (C=N–C) groups is 1. The standard InChI is InChI=1S/C22H36N4O2.HI/c1-3-23-21(26-18-22(14-16-28-2)12-7-8-13-22)24-15-11-20(27)25-17-19-9-5-4-6-10-19;/h4-6,9-10H,3,7-8,11-18H2,1-2H3,(H,25,27)(H2,23,24,26);1H. The molecule has 29 heavy (non-hydrogen) atoms. The molecule has 1 aliphatic rings. The largest absolute Gasteiger partial charge is 0.385 e. The van der Waals surface area contributed by atoms with Crippen molar-refractivity contribution in [2.75, 3.05) is 33.4 Å². The molecule has 0 unspecified atom stereocenters. The van der Waals surface area contributed by atoms with E-state index in [1.165, 1.54) is 25.7 Å². The van der Waals surface area contributed by atoms with Crippen LogP contribution in [0.2, 0.25) is 0 Å².